The molecular formula is C17H20N2O2. The number of pyridine rings is 1. The Kier molecular flexibility index (Phi) is 3.53. The number of aromatic amines is 1. The van der Waals surface area contributed by atoms with Crippen LogP contribution in [0, 0.1) is 13.8 Å². The van der Waals surface area contributed by atoms with Crippen molar-refractivity contribution in [3.8, 4) is 0 Å². The molecule has 2 aromatic rings. The number of nitrogens with zero attached hydrogens (tertiary/aromatic N) is 1. The molecule has 4 heteroatoms. The third-order valence-electron chi connectivity index (χ3n) is 4.33. The minimum atomic E-state index is -0.290. The van der Waals surface area contributed by atoms with Crippen molar-refractivity contribution in [1.82, 2.24) is 9.88 Å². The van der Waals surface area contributed by atoms with Gasteiger partial charge in [0.05, 0.1) is 0 Å². The first-order chi connectivity index (χ1) is 10.1. The summed E-state index contributed by atoms with van der Waals surface area (Å²) >= 11 is 0. The van der Waals surface area contributed by atoms with Gasteiger partial charge < -0.3 is 9.88 Å². The lowest BCUT2D eigenvalue weighted by atomic mass is 10.0. The number of amides is 1. The van der Waals surface area contributed by atoms with Crippen LogP contribution in [-0.2, 0) is 0 Å². The van der Waals surface area contributed by atoms with Gasteiger partial charge in [0, 0.05) is 18.6 Å². The highest BCUT2D eigenvalue weighted by Crippen LogP contribution is 2.18. The Hall–Kier alpha value is -2.10. The number of fused-ring (bicyclic) bond motifs is 1. The van der Waals surface area contributed by atoms with Gasteiger partial charge in [-0.25, -0.2) is 0 Å². The summed E-state index contributed by atoms with van der Waals surface area (Å²) in [6.45, 7) is 5.55. The molecule has 1 aromatic heterocycles. The van der Waals surface area contributed by atoms with E-state index in [1.807, 2.05) is 26.0 Å². The van der Waals surface area contributed by atoms with E-state index in [1.165, 1.54) is 0 Å². The molecule has 1 aromatic carbocycles. The Labute approximate surface area is 123 Å². The second-order valence-corrected chi connectivity index (χ2v) is 5.89. The summed E-state index contributed by atoms with van der Waals surface area (Å²) in [4.78, 5) is 29.4. The van der Waals surface area contributed by atoms with E-state index in [0.29, 0.717) is 0 Å². The molecule has 1 fully saturated rings. The Morgan fingerprint density at radius 1 is 1.05 bits per heavy atom. The normalized spacial score (nSPS) is 15.4. The predicted molar refractivity (Wildman–Crippen MR) is 83.8 cm³/mol. The quantitative estimate of drug-likeness (QED) is 0.875. The van der Waals surface area contributed by atoms with Crippen molar-refractivity contribution in [3.63, 3.8) is 0 Å². The van der Waals surface area contributed by atoms with Crippen LogP contribution in [-0.4, -0.2) is 28.9 Å². The summed E-state index contributed by atoms with van der Waals surface area (Å²) in [5, 5.41) is 0.915. The summed E-state index contributed by atoms with van der Waals surface area (Å²) in [5.41, 5.74) is 3.05. The molecule has 0 unspecified atom stereocenters. The van der Waals surface area contributed by atoms with Crippen molar-refractivity contribution < 1.29 is 4.79 Å². The predicted octanol–water partition coefficient (Wildman–Crippen LogP) is 2.77. The zero-order valence-corrected chi connectivity index (χ0v) is 12.5. The molecule has 3 rings (SSSR count). The van der Waals surface area contributed by atoms with E-state index in [0.717, 1.165) is 54.4 Å². The van der Waals surface area contributed by atoms with E-state index >= 15 is 0 Å². The van der Waals surface area contributed by atoms with Gasteiger partial charge in [-0.3, -0.25) is 9.59 Å². The summed E-state index contributed by atoms with van der Waals surface area (Å²) in [6.07, 6.45) is 3.21. The highest BCUT2D eigenvalue weighted by Gasteiger charge is 2.21. The van der Waals surface area contributed by atoms with E-state index < -0.39 is 0 Å². The van der Waals surface area contributed by atoms with E-state index in [4.69, 9.17) is 0 Å². The largest absolute Gasteiger partial charge is 0.338 e. The first-order valence-corrected chi connectivity index (χ1v) is 7.50. The van der Waals surface area contributed by atoms with E-state index in [-0.39, 0.29) is 17.0 Å². The van der Waals surface area contributed by atoms with Gasteiger partial charge in [0.15, 0.2) is 0 Å². The van der Waals surface area contributed by atoms with Crippen LogP contribution in [0.1, 0.15) is 40.7 Å². The maximum atomic E-state index is 12.5. The molecule has 0 bridgehead atoms. The summed E-state index contributed by atoms with van der Waals surface area (Å²) in [7, 11) is 0. The second kappa shape index (κ2) is 5.35. The molecule has 0 aliphatic carbocycles. The lowest BCUT2D eigenvalue weighted by Crippen LogP contribution is -2.38. The third kappa shape index (κ3) is 2.58. The zero-order chi connectivity index (χ0) is 15.0. The number of piperidine rings is 1. The minimum Gasteiger partial charge on any atom is -0.338 e. The van der Waals surface area contributed by atoms with Crippen molar-refractivity contribution in [2.75, 3.05) is 13.1 Å². The Morgan fingerprint density at radius 2 is 1.71 bits per heavy atom. The van der Waals surface area contributed by atoms with Gasteiger partial charge in [-0.2, -0.15) is 0 Å². The van der Waals surface area contributed by atoms with E-state index in [9.17, 15) is 9.59 Å². The summed E-state index contributed by atoms with van der Waals surface area (Å²) in [6, 6.07) is 5.71. The fourth-order valence-electron chi connectivity index (χ4n) is 2.90. The highest BCUT2D eigenvalue weighted by molar-refractivity contribution is 5.97. The van der Waals surface area contributed by atoms with Crippen LogP contribution in [0.25, 0.3) is 10.9 Å². The van der Waals surface area contributed by atoms with Crippen LogP contribution in [0.4, 0.5) is 0 Å². The van der Waals surface area contributed by atoms with Crippen LogP contribution >= 0.6 is 0 Å². The third-order valence-corrected chi connectivity index (χ3v) is 4.33. The number of hydrogen-bond acceptors (Lipinski definition) is 2. The van der Waals surface area contributed by atoms with Crippen LogP contribution in [0.5, 0.6) is 0 Å². The number of nitrogens with one attached hydrogen (secondary N) is 1. The van der Waals surface area contributed by atoms with E-state index in [1.54, 1.807) is 11.0 Å². The van der Waals surface area contributed by atoms with Gasteiger partial charge in [0.1, 0.15) is 5.56 Å². The monoisotopic (exact) mass is 284 g/mol. The maximum Gasteiger partial charge on any atom is 0.261 e. The minimum absolute atomic E-state index is 0.143. The average molecular weight is 284 g/mol. The van der Waals surface area contributed by atoms with Gasteiger partial charge in [0.2, 0.25) is 0 Å². The average Bonchev–Trinajstić information content (AvgIpc) is 2.49. The van der Waals surface area contributed by atoms with Crippen molar-refractivity contribution in [2.45, 2.75) is 33.1 Å². The molecule has 0 radical (unpaired) electrons. The van der Waals surface area contributed by atoms with Gasteiger partial charge in [0.25, 0.3) is 11.5 Å². The molecule has 0 saturated carbocycles. The summed E-state index contributed by atoms with van der Waals surface area (Å²) < 4.78 is 0. The first kappa shape index (κ1) is 13.9. The highest BCUT2D eigenvalue weighted by atomic mass is 16.2. The number of rotatable bonds is 1. The number of hydrogen-bond donors (Lipinski definition) is 1. The molecule has 0 atom stereocenters. The first-order valence-electron chi connectivity index (χ1n) is 7.50. The molecular weight excluding hydrogens is 264 g/mol. The Bertz CT molecular complexity index is 755. The van der Waals surface area contributed by atoms with Crippen LogP contribution in [0.3, 0.4) is 0 Å². The lowest BCUT2D eigenvalue weighted by molar-refractivity contribution is 0.0722. The number of aromatic nitrogens is 1. The Balaban J connectivity index is 2.06. The molecule has 1 saturated heterocycles. The maximum absolute atomic E-state index is 12.5. The topological polar surface area (TPSA) is 53.2 Å². The second-order valence-electron chi connectivity index (χ2n) is 5.89. The van der Waals surface area contributed by atoms with Gasteiger partial charge in [-0.05, 0) is 67.8 Å². The molecule has 2 heterocycles. The molecule has 21 heavy (non-hydrogen) atoms. The van der Waals surface area contributed by atoms with Crippen LogP contribution in [0.15, 0.2) is 23.0 Å². The van der Waals surface area contributed by atoms with Crippen molar-refractivity contribution in [1.29, 1.82) is 0 Å². The molecule has 1 amide bonds. The van der Waals surface area contributed by atoms with Crippen LogP contribution < -0.4 is 5.56 Å². The number of benzene rings is 1. The molecule has 4 nitrogen and oxygen atoms in total. The van der Waals surface area contributed by atoms with Crippen molar-refractivity contribution in [2.24, 2.45) is 0 Å². The van der Waals surface area contributed by atoms with Gasteiger partial charge in [-0.1, -0.05) is 0 Å². The van der Waals surface area contributed by atoms with Crippen LogP contribution in [0.2, 0.25) is 0 Å². The SMILES string of the molecule is Cc1cc2cc(C(=O)N3CCCCC3)c(=O)[nH]c2cc1C. The molecule has 110 valence electrons. The number of carbonyl (C=O) groups is 1. The molecule has 0 spiro atoms. The number of H-pyrrole nitrogens is 1. The smallest absolute Gasteiger partial charge is 0.261 e. The Morgan fingerprint density at radius 3 is 2.43 bits per heavy atom. The van der Waals surface area contributed by atoms with E-state index in [2.05, 4.69) is 4.98 Å². The standard InChI is InChI=1S/C17H20N2O2/c1-11-8-13-10-14(16(20)18-15(13)9-12(11)2)17(21)19-6-4-3-5-7-19/h8-10H,3-7H2,1-2H3,(H,18,20). The van der Waals surface area contributed by atoms with Crippen molar-refractivity contribution in [3.05, 3.63) is 45.2 Å². The summed E-state index contributed by atoms with van der Waals surface area (Å²) in [5.74, 6) is -0.143. The fraction of sp³-hybridized carbons (Fsp3) is 0.412. The molecule has 1 N–H and O–H groups in total. The number of carbonyl (C=O) groups excluding carboxylic acids is 1. The van der Waals surface area contributed by atoms with Gasteiger partial charge >= 0.3 is 0 Å². The molecule has 1 aliphatic heterocycles. The lowest BCUT2D eigenvalue weighted by Gasteiger charge is -2.26. The number of likely N-dealkylation sites (tertiary alicyclic amines) is 1. The number of aryl methyl sites for hydroxylation is 2. The fourth-order valence-corrected chi connectivity index (χ4v) is 2.90. The zero-order valence-electron chi connectivity index (χ0n) is 12.5. The molecule has 1 aliphatic rings. The van der Waals surface area contributed by atoms with Crippen molar-refractivity contribution >= 4 is 16.8 Å². The van der Waals surface area contributed by atoms with Gasteiger partial charge in [-0.15, -0.1) is 0 Å².